The van der Waals surface area contributed by atoms with Gasteiger partial charge in [0, 0.05) is 39.9 Å². The lowest BCUT2D eigenvalue weighted by Gasteiger charge is -2.30. The van der Waals surface area contributed by atoms with Crippen LogP contribution in [0.2, 0.25) is 0 Å². The quantitative estimate of drug-likeness (QED) is 0.218. The van der Waals surface area contributed by atoms with E-state index in [1.807, 2.05) is 6.92 Å². The summed E-state index contributed by atoms with van der Waals surface area (Å²) in [5.41, 5.74) is 0. The van der Waals surface area contributed by atoms with Crippen LogP contribution in [0, 0.1) is 5.92 Å². The normalized spacial score (nSPS) is 20.2. The van der Waals surface area contributed by atoms with E-state index in [-0.39, 0.29) is 36.4 Å². The van der Waals surface area contributed by atoms with Crippen molar-refractivity contribution in [2.45, 2.75) is 64.8 Å². The summed E-state index contributed by atoms with van der Waals surface area (Å²) < 4.78 is 5.37. The summed E-state index contributed by atoms with van der Waals surface area (Å²) in [5.74, 6) is 1.66. The number of hydrogen-bond acceptors (Lipinski definition) is 3. The summed E-state index contributed by atoms with van der Waals surface area (Å²) in [6, 6.07) is 0.459. The van der Waals surface area contributed by atoms with Gasteiger partial charge in [0.1, 0.15) is 6.54 Å². The number of hydrogen-bond donors (Lipinski definition) is 2. The molecule has 0 aromatic heterocycles. The highest BCUT2D eigenvalue weighted by atomic mass is 127. The zero-order valence-electron chi connectivity index (χ0n) is 17.1. The van der Waals surface area contributed by atoms with Crippen molar-refractivity contribution in [3.8, 4) is 0 Å². The van der Waals surface area contributed by atoms with Crippen molar-refractivity contribution in [1.29, 1.82) is 0 Å². The summed E-state index contributed by atoms with van der Waals surface area (Å²) in [5, 5.41) is 6.88. The number of likely N-dealkylation sites (N-methyl/N-ethyl adjacent to an activating group) is 1. The van der Waals surface area contributed by atoms with Crippen molar-refractivity contribution in [2.75, 3.05) is 40.4 Å². The number of carbonyl (C=O) groups is 1. The molecule has 1 aliphatic rings. The fourth-order valence-electron chi connectivity index (χ4n) is 3.16. The van der Waals surface area contributed by atoms with Gasteiger partial charge in [-0.2, -0.15) is 0 Å². The van der Waals surface area contributed by atoms with Gasteiger partial charge in [-0.25, -0.2) is 4.99 Å². The van der Waals surface area contributed by atoms with E-state index in [1.54, 1.807) is 19.0 Å². The van der Waals surface area contributed by atoms with Gasteiger partial charge in [0.2, 0.25) is 5.91 Å². The predicted molar refractivity (Wildman–Crippen MR) is 119 cm³/mol. The Morgan fingerprint density at radius 1 is 1.19 bits per heavy atom. The van der Waals surface area contributed by atoms with E-state index in [0.29, 0.717) is 6.04 Å². The van der Waals surface area contributed by atoms with Crippen LogP contribution in [0.25, 0.3) is 0 Å². The van der Waals surface area contributed by atoms with Crippen LogP contribution in [0.4, 0.5) is 0 Å². The van der Waals surface area contributed by atoms with Crippen molar-refractivity contribution >= 4 is 35.8 Å². The van der Waals surface area contributed by atoms with Gasteiger partial charge in [-0.15, -0.1) is 24.0 Å². The largest absolute Gasteiger partial charge is 0.382 e. The third kappa shape index (κ3) is 11.2. The Morgan fingerprint density at radius 3 is 2.46 bits per heavy atom. The van der Waals surface area contributed by atoms with Gasteiger partial charge in [0.15, 0.2) is 5.96 Å². The lowest BCUT2D eigenvalue weighted by Crippen LogP contribution is -2.45. The molecular formula is C19H39IN4O2. The summed E-state index contributed by atoms with van der Waals surface area (Å²) >= 11 is 0. The summed E-state index contributed by atoms with van der Waals surface area (Å²) in [6.07, 6.45) is 8.51. The molecule has 1 fully saturated rings. The van der Waals surface area contributed by atoms with Crippen LogP contribution < -0.4 is 10.6 Å². The van der Waals surface area contributed by atoms with Crippen LogP contribution in [0.3, 0.4) is 0 Å². The molecular weight excluding hydrogens is 443 g/mol. The summed E-state index contributed by atoms with van der Waals surface area (Å²) in [4.78, 5) is 17.9. The molecule has 0 radical (unpaired) electrons. The Bertz CT molecular complexity index is 397. The molecule has 0 aromatic rings. The maximum Gasteiger partial charge on any atom is 0.243 e. The Balaban J connectivity index is 0.00000625. The van der Waals surface area contributed by atoms with Crippen LogP contribution in [0.1, 0.15) is 58.8 Å². The molecule has 2 N–H and O–H groups in total. The van der Waals surface area contributed by atoms with Gasteiger partial charge in [-0.1, -0.05) is 19.8 Å². The minimum Gasteiger partial charge on any atom is -0.382 e. The topological polar surface area (TPSA) is 66.0 Å². The van der Waals surface area contributed by atoms with Gasteiger partial charge >= 0.3 is 0 Å². The summed E-state index contributed by atoms with van der Waals surface area (Å²) in [7, 11) is 3.52. The van der Waals surface area contributed by atoms with Crippen LogP contribution in [-0.4, -0.2) is 63.2 Å². The molecule has 7 heteroatoms. The van der Waals surface area contributed by atoms with E-state index >= 15 is 0 Å². The van der Waals surface area contributed by atoms with Gasteiger partial charge < -0.3 is 20.3 Å². The first-order chi connectivity index (χ1) is 12.1. The van der Waals surface area contributed by atoms with Gasteiger partial charge in [0.05, 0.1) is 0 Å². The zero-order valence-corrected chi connectivity index (χ0v) is 19.4. The Labute approximate surface area is 176 Å². The molecule has 1 saturated carbocycles. The van der Waals surface area contributed by atoms with Crippen molar-refractivity contribution in [2.24, 2.45) is 10.9 Å². The molecule has 0 aliphatic heterocycles. The molecule has 0 spiro atoms. The first-order valence-corrected chi connectivity index (χ1v) is 9.89. The Morgan fingerprint density at radius 2 is 1.88 bits per heavy atom. The van der Waals surface area contributed by atoms with E-state index in [4.69, 9.17) is 4.74 Å². The Kier molecular flexibility index (Phi) is 15.1. The third-order valence-electron chi connectivity index (χ3n) is 4.72. The van der Waals surface area contributed by atoms with E-state index in [0.717, 1.165) is 38.1 Å². The first-order valence-electron chi connectivity index (χ1n) is 9.89. The van der Waals surface area contributed by atoms with Gasteiger partial charge in [-0.05, 0) is 44.9 Å². The zero-order chi connectivity index (χ0) is 18.5. The highest BCUT2D eigenvalue weighted by Crippen LogP contribution is 2.27. The van der Waals surface area contributed by atoms with Crippen molar-refractivity contribution in [3.05, 3.63) is 0 Å². The molecule has 0 bridgehead atoms. The molecule has 1 rings (SSSR count). The fraction of sp³-hybridized carbons (Fsp3) is 0.895. The van der Waals surface area contributed by atoms with Crippen molar-refractivity contribution in [1.82, 2.24) is 15.5 Å². The van der Waals surface area contributed by atoms with Gasteiger partial charge in [-0.3, -0.25) is 4.79 Å². The molecule has 0 unspecified atom stereocenters. The van der Waals surface area contributed by atoms with Gasteiger partial charge in [0.25, 0.3) is 0 Å². The molecule has 6 nitrogen and oxygen atoms in total. The number of guanidine groups is 1. The second-order valence-corrected chi connectivity index (χ2v) is 7.08. The number of halogens is 1. The van der Waals surface area contributed by atoms with E-state index in [2.05, 4.69) is 22.5 Å². The van der Waals surface area contributed by atoms with E-state index < -0.39 is 0 Å². The number of amides is 1. The van der Waals surface area contributed by atoms with Crippen LogP contribution in [-0.2, 0) is 9.53 Å². The maximum absolute atomic E-state index is 11.8. The SMILES string of the molecule is CCCC1CCC(NC(=NCC(=O)N(C)C)NCCCOCC)CC1.I. The van der Waals surface area contributed by atoms with Crippen LogP contribution in [0.15, 0.2) is 4.99 Å². The van der Waals surface area contributed by atoms with E-state index in [9.17, 15) is 4.79 Å². The average Bonchev–Trinajstić information content (AvgIpc) is 2.60. The predicted octanol–water partition coefficient (Wildman–Crippen LogP) is 3.01. The molecule has 26 heavy (non-hydrogen) atoms. The monoisotopic (exact) mass is 482 g/mol. The number of aliphatic imine (C=N–C) groups is 1. The molecule has 0 saturated heterocycles. The number of rotatable bonds is 10. The molecule has 0 aromatic carbocycles. The number of carbonyl (C=O) groups excluding carboxylic acids is 1. The lowest BCUT2D eigenvalue weighted by atomic mass is 9.83. The minimum absolute atomic E-state index is 0. The van der Waals surface area contributed by atoms with Crippen LogP contribution in [0.5, 0.6) is 0 Å². The van der Waals surface area contributed by atoms with E-state index in [1.165, 1.54) is 38.5 Å². The second kappa shape index (κ2) is 15.5. The number of nitrogens with one attached hydrogen (secondary N) is 2. The standard InChI is InChI=1S/C19H38N4O2.HI/c1-5-8-16-9-11-17(12-10-16)22-19(20-13-7-14-25-6-2)21-15-18(24)23(3)4;/h16-17H,5-15H2,1-4H3,(H2,20,21,22);1H. The average molecular weight is 482 g/mol. The smallest absolute Gasteiger partial charge is 0.243 e. The fourth-order valence-corrected chi connectivity index (χ4v) is 3.16. The molecule has 154 valence electrons. The second-order valence-electron chi connectivity index (χ2n) is 7.08. The van der Waals surface area contributed by atoms with Crippen molar-refractivity contribution < 1.29 is 9.53 Å². The molecule has 0 heterocycles. The molecule has 1 amide bonds. The first kappa shape index (κ1) is 25.4. The highest BCUT2D eigenvalue weighted by molar-refractivity contribution is 14.0. The number of ether oxygens (including phenoxy) is 1. The Hall–Kier alpha value is -0.570. The lowest BCUT2D eigenvalue weighted by molar-refractivity contribution is -0.127. The molecule has 1 aliphatic carbocycles. The highest BCUT2D eigenvalue weighted by Gasteiger charge is 2.21. The van der Waals surface area contributed by atoms with Crippen LogP contribution >= 0.6 is 24.0 Å². The minimum atomic E-state index is 0. The van der Waals surface area contributed by atoms with Crippen molar-refractivity contribution in [3.63, 3.8) is 0 Å². The summed E-state index contributed by atoms with van der Waals surface area (Å²) in [6.45, 7) is 6.74. The molecule has 0 atom stereocenters. The third-order valence-corrected chi connectivity index (χ3v) is 4.72. The maximum atomic E-state index is 11.8. The number of nitrogens with zero attached hydrogens (tertiary/aromatic N) is 2.